The molecule has 7 heteroatoms. The number of carboxylic acid groups (broad SMARTS) is 1. The fraction of sp³-hybridized carbons (Fsp3) is 0.444. The van der Waals surface area contributed by atoms with Gasteiger partial charge in [0.2, 0.25) is 5.76 Å². The summed E-state index contributed by atoms with van der Waals surface area (Å²) in [7, 11) is 0. The minimum atomic E-state index is -1.13. The highest BCUT2D eigenvalue weighted by Gasteiger charge is 2.40. The van der Waals surface area contributed by atoms with Crippen LogP contribution in [0.5, 0.6) is 0 Å². The van der Waals surface area contributed by atoms with Crippen LogP contribution >= 0.6 is 0 Å². The van der Waals surface area contributed by atoms with Gasteiger partial charge in [-0.15, -0.1) is 0 Å². The van der Waals surface area contributed by atoms with Crippen LogP contribution in [0, 0.1) is 0 Å². The van der Waals surface area contributed by atoms with Crippen molar-refractivity contribution in [1.29, 1.82) is 0 Å². The lowest BCUT2D eigenvalue weighted by atomic mass is 10.2. The number of rotatable bonds is 2. The Morgan fingerprint density at radius 1 is 1.56 bits per heavy atom. The summed E-state index contributed by atoms with van der Waals surface area (Å²) in [4.78, 5) is 23.7. The molecule has 0 aromatic carbocycles. The molecule has 0 spiro atoms. The summed E-state index contributed by atoms with van der Waals surface area (Å²) >= 11 is 0. The van der Waals surface area contributed by atoms with Gasteiger partial charge in [-0.25, -0.2) is 4.79 Å². The Kier molecular flexibility index (Phi) is 2.61. The molecule has 7 nitrogen and oxygen atoms in total. The normalized spacial score (nSPS) is 24.7. The molecule has 0 saturated carbocycles. The van der Waals surface area contributed by atoms with Crippen LogP contribution in [0.25, 0.3) is 0 Å². The average molecular weight is 226 g/mol. The molecular weight excluding hydrogens is 216 g/mol. The largest absolute Gasteiger partial charge is 0.480 e. The van der Waals surface area contributed by atoms with Crippen LogP contribution in [0.1, 0.15) is 17.0 Å². The third-order valence-corrected chi connectivity index (χ3v) is 2.47. The molecule has 0 unspecified atom stereocenters. The Bertz CT molecular complexity index is 402. The maximum atomic E-state index is 11.8. The van der Waals surface area contributed by atoms with E-state index in [0.29, 0.717) is 0 Å². The summed E-state index contributed by atoms with van der Waals surface area (Å²) in [5.41, 5.74) is 0. The Labute approximate surface area is 90.3 Å². The zero-order valence-corrected chi connectivity index (χ0v) is 8.24. The molecule has 1 aromatic heterocycles. The number of β-amino-alcohol motifs (C(OH)–C–C–N with tert-alkyl or cyclic N) is 1. The van der Waals surface area contributed by atoms with E-state index in [1.807, 2.05) is 0 Å². The second-order valence-electron chi connectivity index (χ2n) is 3.58. The molecule has 1 fully saturated rings. The quantitative estimate of drug-likeness (QED) is 0.693. The maximum Gasteiger partial charge on any atom is 0.326 e. The van der Waals surface area contributed by atoms with E-state index in [1.165, 1.54) is 12.3 Å². The summed E-state index contributed by atoms with van der Waals surface area (Å²) in [6, 6.07) is 0.346. The van der Waals surface area contributed by atoms with Gasteiger partial charge < -0.3 is 19.6 Å². The molecular formula is C9H10N2O5. The van der Waals surface area contributed by atoms with E-state index in [0.717, 1.165) is 4.90 Å². The van der Waals surface area contributed by atoms with Crippen molar-refractivity contribution < 1.29 is 24.3 Å². The number of hydrogen-bond donors (Lipinski definition) is 2. The third-order valence-electron chi connectivity index (χ3n) is 2.47. The second-order valence-corrected chi connectivity index (χ2v) is 3.58. The fourth-order valence-electron chi connectivity index (χ4n) is 1.74. The van der Waals surface area contributed by atoms with Gasteiger partial charge in [0.15, 0.2) is 0 Å². The van der Waals surface area contributed by atoms with Gasteiger partial charge in [0.05, 0.1) is 12.3 Å². The van der Waals surface area contributed by atoms with E-state index in [4.69, 9.17) is 5.11 Å². The lowest BCUT2D eigenvalue weighted by molar-refractivity contribution is -0.141. The van der Waals surface area contributed by atoms with Crippen molar-refractivity contribution >= 4 is 11.9 Å². The van der Waals surface area contributed by atoms with Gasteiger partial charge in [-0.3, -0.25) is 4.79 Å². The molecule has 2 atom stereocenters. The number of aromatic nitrogens is 1. The predicted octanol–water partition coefficient (Wildman–Crippen LogP) is -0.665. The molecule has 1 aromatic rings. The summed E-state index contributed by atoms with van der Waals surface area (Å²) < 4.78 is 4.66. The molecule has 1 amide bonds. The molecule has 0 bridgehead atoms. The average Bonchev–Trinajstić information content (AvgIpc) is 2.84. The van der Waals surface area contributed by atoms with Crippen LogP contribution in [0.2, 0.25) is 0 Å². The van der Waals surface area contributed by atoms with Crippen LogP contribution in [0.4, 0.5) is 0 Å². The number of aliphatic hydroxyl groups is 1. The fourth-order valence-corrected chi connectivity index (χ4v) is 1.74. The van der Waals surface area contributed by atoms with Crippen LogP contribution in [-0.4, -0.2) is 50.8 Å². The number of hydrogen-bond acceptors (Lipinski definition) is 5. The van der Waals surface area contributed by atoms with Crippen molar-refractivity contribution in [1.82, 2.24) is 10.1 Å². The van der Waals surface area contributed by atoms with E-state index in [1.54, 1.807) is 0 Å². The van der Waals surface area contributed by atoms with Gasteiger partial charge in [0.25, 0.3) is 5.91 Å². The Balaban J connectivity index is 2.20. The van der Waals surface area contributed by atoms with Crippen LogP contribution in [-0.2, 0) is 4.79 Å². The SMILES string of the molecule is O=C(O)[C@@H]1C[C@H](O)CN1C(=O)c1ccno1. The van der Waals surface area contributed by atoms with E-state index < -0.39 is 24.0 Å². The minimum Gasteiger partial charge on any atom is -0.480 e. The van der Waals surface area contributed by atoms with Crippen molar-refractivity contribution in [2.24, 2.45) is 0 Å². The third kappa shape index (κ3) is 1.76. The van der Waals surface area contributed by atoms with E-state index >= 15 is 0 Å². The number of aliphatic hydroxyl groups excluding tert-OH is 1. The van der Waals surface area contributed by atoms with Crippen LogP contribution < -0.4 is 0 Å². The number of carboxylic acids is 1. The molecule has 2 N–H and O–H groups in total. The van der Waals surface area contributed by atoms with Gasteiger partial charge in [0, 0.05) is 19.0 Å². The molecule has 16 heavy (non-hydrogen) atoms. The van der Waals surface area contributed by atoms with Crippen molar-refractivity contribution in [2.75, 3.05) is 6.54 Å². The number of carbonyl (C=O) groups excluding carboxylic acids is 1. The minimum absolute atomic E-state index is 0.00347. The Morgan fingerprint density at radius 2 is 2.31 bits per heavy atom. The first kappa shape index (κ1) is 10.6. The number of aliphatic carboxylic acids is 1. The van der Waals surface area contributed by atoms with Crippen LogP contribution in [0.3, 0.4) is 0 Å². The molecule has 1 aliphatic rings. The van der Waals surface area contributed by atoms with Gasteiger partial charge >= 0.3 is 5.97 Å². The molecule has 2 heterocycles. The van der Waals surface area contributed by atoms with Crippen molar-refractivity contribution in [2.45, 2.75) is 18.6 Å². The predicted molar refractivity (Wildman–Crippen MR) is 49.6 cm³/mol. The zero-order valence-electron chi connectivity index (χ0n) is 8.24. The standard InChI is InChI=1S/C9H10N2O5/c12-5-3-6(9(14)15)11(4-5)8(13)7-1-2-10-16-7/h1-2,5-6,12H,3-4H2,(H,14,15)/t5-,6-/m0/s1. The summed E-state index contributed by atoms with van der Waals surface area (Å²) in [5, 5.41) is 21.6. The molecule has 1 saturated heterocycles. The van der Waals surface area contributed by atoms with E-state index in [2.05, 4.69) is 9.68 Å². The van der Waals surface area contributed by atoms with Crippen molar-refractivity contribution in [3.63, 3.8) is 0 Å². The van der Waals surface area contributed by atoms with E-state index in [-0.39, 0.29) is 18.7 Å². The number of nitrogens with zero attached hydrogens (tertiary/aromatic N) is 2. The molecule has 0 radical (unpaired) electrons. The van der Waals surface area contributed by atoms with Crippen LogP contribution in [0.15, 0.2) is 16.8 Å². The Hall–Kier alpha value is -1.89. The number of amides is 1. The monoisotopic (exact) mass is 226 g/mol. The summed E-state index contributed by atoms with van der Waals surface area (Å²) in [6.45, 7) is -0.00347. The highest BCUT2D eigenvalue weighted by Crippen LogP contribution is 2.20. The first-order valence-electron chi connectivity index (χ1n) is 4.72. The lowest BCUT2D eigenvalue weighted by Gasteiger charge is -2.19. The first-order chi connectivity index (χ1) is 7.59. The lowest BCUT2D eigenvalue weighted by Crippen LogP contribution is -2.40. The topological polar surface area (TPSA) is 104 Å². The molecule has 0 aliphatic carbocycles. The number of carbonyl (C=O) groups is 2. The highest BCUT2D eigenvalue weighted by atomic mass is 16.5. The highest BCUT2D eigenvalue weighted by molar-refractivity contribution is 5.94. The molecule has 86 valence electrons. The van der Waals surface area contributed by atoms with Crippen molar-refractivity contribution in [3.8, 4) is 0 Å². The first-order valence-corrected chi connectivity index (χ1v) is 4.72. The smallest absolute Gasteiger partial charge is 0.326 e. The van der Waals surface area contributed by atoms with Gasteiger partial charge in [0.1, 0.15) is 6.04 Å². The summed E-state index contributed by atoms with van der Waals surface area (Å²) in [5.74, 6) is -1.73. The Morgan fingerprint density at radius 3 is 2.88 bits per heavy atom. The maximum absolute atomic E-state index is 11.8. The van der Waals surface area contributed by atoms with Gasteiger partial charge in [-0.2, -0.15) is 0 Å². The second kappa shape index (κ2) is 3.93. The summed E-state index contributed by atoms with van der Waals surface area (Å²) in [6.07, 6.45) is 0.526. The van der Waals surface area contributed by atoms with E-state index in [9.17, 15) is 14.7 Å². The molecule has 1 aliphatic heterocycles. The van der Waals surface area contributed by atoms with Gasteiger partial charge in [-0.1, -0.05) is 5.16 Å². The zero-order chi connectivity index (χ0) is 11.7. The number of likely N-dealkylation sites (tertiary alicyclic amines) is 1. The molecule has 2 rings (SSSR count). The van der Waals surface area contributed by atoms with Gasteiger partial charge in [-0.05, 0) is 0 Å². The van der Waals surface area contributed by atoms with Crippen molar-refractivity contribution in [3.05, 3.63) is 18.0 Å².